The van der Waals surface area contributed by atoms with E-state index in [0.717, 1.165) is 5.75 Å². The molecule has 0 aliphatic carbocycles. The fourth-order valence-electron chi connectivity index (χ4n) is 1.47. The topological polar surface area (TPSA) is 17.1 Å². The summed E-state index contributed by atoms with van der Waals surface area (Å²) in [5.74, 6) is 1.15. The van der Waals surface area contributed by atoms with Crippen molar-refractivity contribution in [2.45, 2.75) is 12.2 Å². The minimum Gasteiger partial charge on any atom is -0.294 e. The molecule has 0 saturated heterocycles. The molecule has 0 spiro atoms. The predicted octanol–water partition coefficient (Wildman–Crippen LogP) is 3.41. The van der Waals surface area contributed by atoms with Crippen LogP contribution in [0.1, 0.15) is 22.3 Å². The van der Waals surface area contributed by atoms with E-state index in [4.69, 9.17) is 0 Å². The molecule has 2 rings (SSSR count). The average molecular weight is 275 g/mol. The summed E-state index contributed by atoms with van der Waals surface area (Å²) < 4.78 is 14.1. The first-order valence-electron chi connectivity index (χ1n) is 4.27. The molecule has 74 valence electrons. The van der Waals surface area contributed by atoms with Crippen LogP contribution in [0.2, 0.25) is 0 Å². The number of ketones is 1. The van der Waals surface area contributed by atoms with Crippen LogP contribution in [0.5, 0.6) is 0 Å². The number of rotatable bonds is 0. The Kier molecular flexibility index (Phi) is 2.93. The molecule has 1 aromatic rings. The van der Waals surface area contributed by atoms with Gasteiger partial charge in [0.2, 0.25) is 0 Å². The zero-order chi connectivity index (χ0) is 10.1. The van der Waals surface area contributed by atoms with Crippen molar-refractivity contribution in [2.75, 3.05) is 5.75 Å². The molecular formula is C10H8BrFOS. The highest BCUT2D eigenvalue weighted by Gasteiger charge is 2.19. The SMILES string of the molecule is O=C1CCSCc2c(F)cc(Br)cc21. The smallest absolute Gasteiger partial charge is 0.164 e. The second-order valence-corrected chi connectivity index (χ2v) is 5.16. The van der Waals surface area contributed by atoms with Gasteiger partial charge in [0.05, 0.1) is 0 Å². The molecule has 0 saturated carbocycles. The van der Waals surface area contributed by atoms with Crippen LogP contribution in [0, 0.1) is 5.82 Å². The summed E-state index contributed by atoms with van der Waals surface area (Å²) in [6.07, 6.45) is 0.507. The number of hydrogen-bond donors (Lipinski definition) is 0. The Morgan fingerprint density at radius 2 is 2.21 bits per heavy atom. The van der Waals surface area contributed by atoms with Gasteiger partial charge in [-0.25, -0.2) is 4.39 Å². The van der Waals surface area contributed by atoms with Crippen LogP contribution >= 0.6 is 27.7 Å². The van der Waals surface area contributed by atoms with Crippen LogP contribution in [-0.2, 0) is 5.75 Å². The molecule has 0 bridgehead atoms. The normalized spacial score (nSPS) is 16.3. The lowest BCUT2D eigenvalue weighted by molar-refractivity contribution is 0.0989. The maximum atomic E-state index is 13.5. The molecule has 1 aliphatic heterocycles. The zero-order valence-electron chi connectivity index (χ0n) is 7.35. The van der Waals surface area contributed by atoms with Gasteiger partial charge < -0.3 is 0 Å². The lowest BCUT2D eigenvalue weighted by atomic mass is 10.0. The highest BCUT2D eigenvalue weighted by molar-refractivity contribution is 9.10. The van der Waals surface area contributed by atoms with Crippen LogP contribution in [0.4, 0.5) is 4.39 Å². The van der Waals surface area contributed by atoms with Crippen molar-refractivity contribution in [3.8, 4) is 0 Å². The summed E-state index contributed by atoms with van der Waals surface area (Å²) in [5, 5.41) is 0. The summed E-state index contributed by atoms with van der Waals surface area (Å²) >= 11 is 4.80. The van der Waals surface area contributed by atoms with E-state index in [0.29, 0.717) is 27.8 Å². The molecule has 1 aromatic carbocycles. The van der Waals surface area contributed by atoms with E-state index < -0.39 is 0 Å². The molecule has 0 fully saturated rings. The third-order valence-electron chi connectivity index (χ3n) is 2.18. The summed E-state index contributed by atoms with van der Waals surface area (Å²) in [4.78, 5) is 11.6. The van der Waals surface area contributed by atoms with Gasteiger partial charge in [-0.05, 0) is 12.1 Å². The van der Waals surface area contributed by atoms with Gasteiger partial charge >= 0.3 is 0 Å². The van der Waals surface area contributed by atoms with Gasteiger partial charge in [-0.3, -0.25) is 4.79 Å². The summed E-state index contributed by atoms with van der Waals surface area (Å²) in [6.45, 7) is 0. The first-order valence-corrected chi connectivity index (χ1v) is 6.22. The predicted molar refractivity (Wildman–Crippen MR) is 59.2 cm³/mol. The van der Waals surface area contributed by atoms with E-state index in [-0.39, 0.29) is 11.6 Å². The number of fused-ring (bicyclic) bond motifs is 1. The summed E-state index contributed by atoms with van der Waals surface area (Å²) in [5.41, 5.74) is 1.10. The first kappa shape index (κ1) is 10.2. The fraction of sp³-hybridized carbons (Fsp3) is 0.300. The number of carbonyl (C=O) groups is 1. The molecular weight excluding hydrogens is 267 g/mol. The van der Waals surface area contributed by atoms with E-state index >= 15 is 0 Å². The maximum Gasteiger partial charge on any atom is 0.164 e. The lowest BCUT2D eigenvalue weighted by Gasteiger charge is -2.05. The second-order valence-electron chi connectivity index (χ2n) is 3.14. The molecule has 14 heavy (non-hydrogen) atoms. The van der Waals surface area contributed by atoms with Crippen molar-refractivity contribution in [2.24, 2.45) is 0 Å². The van der Waals surface area contributed by atoms with Crippen molar-refractivity contribution < 1.29 is 9.18 Å². The van der Waals surface area contributed by atoms with Crippen molar-refractivity contribution >= 4 is 33.5 Å². The number of halogens is 2. The molecule has 0 radical (unpaired) electrons. The van der Waals surface area contributed by atoms with Gasteiger partial charge in [0.1, 0.15) is 5.82 Å². The molecule has 0 amide bonds. The molecule has 4 heteroatoms. The van der Waals surface area contributed by atoms with Crippen molar-refractivity contribution in [1.29, 1.82) is 0 Å². The van der Waals surface area contributed by atoms with Gasteiger partial charge in [0, 0.05) is 33.5 Å². The molecule has 1 nitrogen and oxygen atoms in total. The number of thioether (sulfide) groups is 1. The van der Waals surface area contributed by atoms with Gasteiger partial charge in [0.15, 0.2) is 5.78 Å². The second kappa shape index (κ2) is 4.03. The number of Topliss-reactive ketones (excluding diaryl/α,β-unsaturated/α-hetero) is 1. The Morgan fingerprint density at radius 3 is 3.00 bits per heavy atom. The number of carbonyl (C=O) groups excluding carboxylic acids is 1. The van der Waals surface area contributed by atoms with E-state index in [2.05, 4.69) is 15.9 Å². The Hall–Kier alpha value is -0.350. The van der Waals surface area contributed by atoms with Crippen LogP contribution in [0.15, 0.2) is 16.6 Å². The van der Waals surface area contributed by atoms with Gasteiger partial charge in [-0.15, -0.1) is 0 Å². The monoisotopic (exact) mass is 274 g/mol. The minimum absolute atomic E-state index is 0.0465. The maximum absolute atomic E-state index is 13.5. The molecule has 0 N–H and O–H groups in total. The van der Waals surface area contributed by atoms with Gasteiger partial charge in [-0.2, -0.15) is 11.8 Å². The van der Waals surface area contributed by atoms with Crippen LogP contribution in [0.25, 0.3) is 0 Å². The van der Waals surface area contributed by atoms with Crippen molar-refractivity contribution in [1.82, 2.24) is 0 Å². The average Bonchev–Trinajstić information content (AvgIpc) is 2.29. The third-order valence-corrected chi connectivity index (χ3v) is 3.62. The highest BCUT2D eigenvalue weighted by Crippen LogP contribution is 2.28. The van der Waals surface area contributed by atoms with Crippen LogP contribution < -0.4 is 0 Å². The Labute approximate surface area is 94.2 Å². The highest BCUT2D eigenvalue weighted by atomic mass is 79.9. The first-order chi connectivity index (χ1) is 6.68. The van der Waals surface area contributed by atoms with Crippen molar-refractivity contribution in [3.63, 3.8) is 0 Å². The molecule has 0 aromatic heterocycles. The zero-order valence-corrected chi connectivity index (χ0v) is 9.75. The Bertz CT molecular complexity index is 392. The lowest BCUT2D eigenvalue weighted by Crippen LogP contribution is -2.03. The van der Waals surface area contributed by atoms with Crippen LogP contribution in [0.3, 0.4) is 0 Å². The van der Waals surface area contributed by atoms with E-state index in [1.54, 1.807) is 17.8 Å². The molecule has 0 atom stereocenters. The van der Waals surface area contributed by atoms with Crippen molar-refractivity contribution in [3.05, 3.63) is 33.5 Å². The Balaban J connectivity index is 2.58. The summed E-state index contributed by atoms with van der Waals surface area (Å²) in [7, 11) is 0. The largest absolute Gasteiger partial charge is 0.294 e. The third kappa shape index (κ3) is 1.86. The summed E-state index contributed by atoms with van der Waals surface area (Å²) in [6, 6.07) is 3.13. The van der Waals surface area contributed by atoms with E-state index in [1.807, 2.05) is 0 Å². The standard InChI is InChI=1S/C10H8BrFOS/c11-6-3-7-8(9(12)4-6)5-14-2-1-10(7)13/h3-4H,1-2,5H2. The van der Waals surface area contributed by atoms with E-state index in [9.17, 15) is 9.18 Å². The Morgan fingerprint density at radius 1 is 1.43 bits per heavy atom. The number of benzene rings is 1. The quantitative estimate of drug-likeness (QED) is 0.721. The molecule has 0 unspecified atom stereocenters. The number of hydrogen-bond acceptors (Lipinski definition) is 2. The molecule has 1 heterocycles. The minimum atomic E-state index is -0.280. The fourth-order valence-corrected chi connectivity index (χ4v) is 2.87. The van der Waals surface area contributed by atoms with Gasteiger partial charge in [-0.1, -0.05) is 15.9 Å². The van der Waals surface area contributed by atoms with Crippen LogP contribution in [-0.4, -0.2) is 11.5 Å². The van der Waals surface area contributed by atoms with E-state index in [1.165, 1.54) is 6.07 Å². The van der Waals surface area contributed by atoms with Gasteiger partial charge in [0.25, 0.3) is 0 Å². The molecule has 1 aliphatic rings.